The lowest BCUT2D eigenvalue weighted by Crippen LogP contribution is -2.35. The van der Waals surface area contributed by atoms with Crippen LogP contribution >= 0.6 is 11.6 Å². The molecule has 84 valence electrons. The molecule has 0 bridgehead atoms. The number of hydrogen-bond donors (Lipinski definition) is 0. The van der Waals surface area contributed by atoms with E-state index in [0.717, 1.165) is 30.5 Å². The average Bonchev–Trinajstić information content (AvgIpc) is 2.50. The van der Waals surface area contributed by atoms with Crippen LogP contribution in [0.4, 0.5) is 5.69 Å². The summed E-state index contributed by atoms with van der Waals surface area (Å²) < 4.78 is 0. The first-order chi connectivity index (χ1) is 7.70. The maximum absolute atomic E-state index is 11.7. The number of aryl methyl sites for hydroxylation is 1. The Bertz CT molecular complexity index is 431. The van der Waals surface area contributed by atoms with Gasteiger partial charge in [-0.1, -0.05) is 18.2 Å². The maximum atomic E-state index is 11.7. The Morgan fingerprint density at radius 1 is 1.19 bits per heavy atom. The van der Waals surface area contributed by atoms with Crippen LogP contribution < -0.4 is 4.90 Å². The molecule has 0 saturated heterocycles. The first-order valence-electron chi connectivity index (χ1n) is 5.29. The van der Waals surface area contributed by atoms with E-state index in [1.54, 1.807) is 0 Å². The number of nitrogens with zero attached hydrogens (tertiary/aromatic N) is 1. The fourth-order valence-corrected chi connectivity index (χ4v) is 2.11. The molecule has 0 aromatic heterocycles. The molecule has 1 amide bonds. The second kappa shape index (κ2) is 4.66. The number of anilines is 1. The largest absolute Gasteiger partial charge is 0.310 e. The van der Waals surface area contributed by atoms with Gasteiger partial charge in [0, 0.05) is 12.2 Å². The van der Waals surface area contributed by atoms with Crippen molar-refractivity contribution in [2.45, 2.75) is 19.3 Å². The molecule has 0 spiro atoms. The summed E-state index contributed by atoms with van der Waals surface area (Å²) in [6, 6.07) is 7.65. The molecule has 1 aliphatic rings. The Hall–Kier alpha value is -1.35. The van der Waals surface area contributed by atoms with Crippen molar-refractivity contribution in [2.24, 2.45) is 0 Å². The number of rotatable bonds is 1. The molecule has 3 nitrogen and oxygen atoms in total. The molecule has 1 aromatic rings. The first kappa shape index (κ1) is 11.1. The molecule has 4 heteroatoms. The van der Waals surface area contributed by atoms with Crippen molar-refractivity contribution >= 4 is 28.4 Å². The minimum atomic E-state index is -0.920. The van der Waals surface area contributed by atoms with Crippen LogP contribution in [0.5, 0.6) is 0 Å². The Morgan fingerprint density at radius 3 is 2.69 bits per heavy atom. The van der Waals surface area contributed by atoms with E-state index >= 15 is 0 Å². The van der Waals surface area contributed by atoms with Crippen molar-refractivity contribution in [3.8, 4) is 0 Å². The number of benzene rings is 1. The molecule has 0 unspecified atom stereocenters. The first-order valence-corrected chi connectivity index (χ1v) is 5.67. The van der Waals surface area contributed by atoms with E-state index in [4.69, 9.17) is 11.6 Å². The highest BCUT2D eigenvalue weighted by Crippen LogP contribution is 2.26. The molecular weight excluding hydrogens is 226 g/mol. The summed E-state index contributed by atoms with van der Waals surface area (Å²) in [5.41, 5.74) is 1.92. The fraction of sp³-hybridized carbons (Fsp3) is 0.333. The fourth-order valence-electron chi connectivity index (χ4n) is 2.01. The number of fused-ring (bicyclic) bond motifs is 1. The quantitative estimate of drug-likeness (QED) is 0.554. The van der Waals surface area contributed by atoms with Gasteiger partial charge in [0.05, 0.1) is 0 Å². The van der Waals surface area contributed by atoms with Crippen LogP contribution in [0.2, 0.25) is 0 Å². The van der Waals surface area contributed by atoms with Crippen LogP contribution in [-0.4, -0.2) is 17.7 Å². The van der Waals surface area contributed by atoms with Gasteiger partial charge in [0.2, 0.25) is 0 Å². The Labute approximate surface area is 99.0 Å². The van der Waals surface area contributed by atoms with E-state index < -0.39 is 11.1 Å². The van der Waals surface area contributed by atoms with Crippen LogP contribution in [0.3, 0.4) is 0 Å². The molecular formula is C12H12ClNO2. The lowest BCUT2D eigenvalue weighted by atomic mass is 10.1. The minimum absolute atomic E-state index is 0.564. The Morgan fingerprint density at radius 2 is 1.94 bits per heavy atom. The van der Waals surface area contributed by atoms with E-state index in [2.05, 4.69) is 0 Å². The molecule has 0 N–H and O–H groups in total. The summed E-state index contributed by atoms with van der Waals surface area (Å²) in [5.74, 6) is -0.629. The van der Waals surface area contributed by atoms with Gasteiger partial charge >= 0.3 is 11.1 Å². The molecule has 1 heterocycles. The second-order valence-corrected chi connectivity index (χ2v) is 4.16. The summed E-state index contributed by atoms with van der Waals surface area (Å²) in [6.07, 6.45) is 2.86. The van der Waals surface area contributed by atoms with Gasteiger partial charge in [-0.3, -0.25) is 9.59 Å². The molecule has 0 radical (unpaired) electrons. The van der Waals surface area contributed by atoms with Crippen molar-refractivity contribution in [1.82, 2.24) is 0 Å². The van der Waals surface area contributed by atoms with Gasteiger partial charge in [0.15, 0.2) is 0 Å². The van der Waals surface area contributed by atoms with Gasteiger partial charge in [-0.25, -0.2) is 0 Å². The van der Waals surface area contributed by atoms with E-state index in [0.29, 0.717) is 6.54 Å². The van der Waals surface area contributed by atoms with Crippen LogP contribution in [0.15, 0.2) is 24.3 Å². The number of hydrogen-bond acceptors (Lipinski definition) is 2. The molecule has 2 rings (SSSR count). The highest BCUT2D eigenvalue weighted by molar-refractivity contribution is 6.82. The summed E-state index contributed by atoms with van der Waals surface area (Å²) in [5, 5.41) is -0.920. The average molecular weight is 238 g/mol. The van der Waals surface area contributed by atoms with E-state index in [1.807, 2.05) is 24.3 Å². The van der Waals surface area contributed by atoms with Crippen molar-refractivity contribution in [2.75, 3.05) is 11.4 Å². The van der Waals surface area contributed by atoms with E-state index in [1.165, 1.54) is 4.90 Å². The highest BCUT2D eigenvalue weighted by Gasteiger charge is 2.24. The molecule has 0 atom stereocenters. The van der Waals surface area contributed by atoms with Gasteiger partial charge in [-0.2, -0.15) is 0 Å². The third-order valence-corrected chi connectivity index (χ3v) is 2.94. The highest BCUT2D eigenvalue weighted by atomic mass is 35.5. The predicted molar refractivity (Wildman–Crippen MR) is 62.6 cm³/mol. The van der Waals surface area contributed by atoms with Crippen LogP contribution in [0.1, 0.15) is 18.4 Å². The zero-order valence-corrected chi connectivity index (χ0v) is 9.54. The number of halogens is 1. The van der Waals surface area contributed by atoms with E-state index in [-0.39, 0.29) is 0 Å². The van der Waals surface area contributed by atoms with E-state index in [9.17, 15) is 9.59 Å². The lowest BCUT2D eigenvalue weighted by molar-refractivity contribution is -0.131. The summed E-state index contributed by atoms with van der Waals surface area (Å²) in [4.78, 5) is 24.1. The van der Waals surface area contributed by atoms with Gasteiger partial charge in [0.1, 0.15) is 0 Å². The number of carbonyl (C=O) groups is 2. The number of carbonyl (C=O) groups excluding carboxylic acids is 2. The van der Waals surface area contributed by atoms with Crippen molar-refractivity contribution in [3.05, 3.63) is 29.8 Å². The minimum Gasteiger partial charge on any atom is -0.304 e. The molecule has 0 fully saturated rings. The standard InChI is InChI=1S/C12H12ClNO2/c13-11(15)12(16)14-8-4-3-6-9-5-1-2-7-10(9)14/h1-2,5,7H,3-4,6,8H2. The summed E-state index contributed by atoms with van der Waals surface area (Å²) in [7, 11) is 0. The van der Waals surface area contributed by atoms with Crippen LogP contribution in [0.25, 0.3) is 0 Å². The van der Waals surface area contributed by atoms with Gasteiger partial charge < -0.3 is 4.90 Å². The Balaban J connectivity index is 2.40. The summed E-state index contributed by atoms with van der Waals surface area (Å²) in [6.45, 7) is 0.564. The monoisotopic (exact) mass is 237 g/mol. The third kappa shape index (κ3) is 2.09. The maximum Gasteiger partial charge on any atom is 0.310 e. The summed E-state index contributed by atoms with van der Waals surface area (Å²) >= 11 is 5.25. The van der Waals surface area contributed by atoms with Crippen molar-refractivity contribution < 1.29 is 9.59 Å². The molecule has 0 aliphatic carbocycles. The zero-order chi connectivity index (χ0) is 11.5. The molecule has 0 saturated carbocycles. The second-order valence-electron chi connectivity index (χ2n) is 3.82. The Kier molecular flexibility index (Phi) is 3.25. The predicted octanol–water partition coefficient (Wildman–Crippen LogP) is 2.12. The molecule has 16 heavy (non-hydrogen) atoms. The lowest BCUT2D eigenvalue weighted by Gasteiger charge is -2.20. The van der Waals surface area contributed by atoms with Crippen LogP contribution in [0, 0.1) is 0 Å². The normalized spacial score (nSPS) is 15.2. The smallest absolute Gasteiger partial charge is 0.304 e. The number of amides is 1. The van der Waals surface area contributed by atoms with Gasteiger partial charge in [0.25, 0.3) is 0 Å². The van der Waals surface area contributed by atoms with Crippen molar-refractivity contribution in [3.63, 3.8) is 0 Å². The van der Waals surface area contributed by atoms with Crippen LogP contribution in [-0.2, 0) is 16.0 Å². The third-order valence-electron chi connectivity index (χ3n) is 2.77. The van der Waals surface area contributed by atoms with Crippen molar-refractivity contribution in [1.29, 1.82) is 0 Å². The van der Waals surface area contributed by atoms with Gasteiger partial charge in [-0.15, -0.1) is 0 Å². The zero-order valence-electron chi connectivity index (χ0n) is 8.78. The SMILES string of the molecule is O=C(Cl)C(=O)N1CCCCc2ccccc21. The molecule has 1 aromatic carbocycles. The van der Waals surface area contributed by atoms with Gasteiger partial charge in [-0.05, 0) is 42.5 Å². The molecule has 1 aliphatic heterocycles. The topological polar surface area (TPSA) is 37.4 Å². The number of para-hydroxylation sites is 1.